The summed E-state index contributed by atoms with van der Waals surface area (Å²) in [5.41, 5.74) is 1.11. The molecule has 2 saturated heterocycles. The van der Waals surface area contributed by atoms with Crippen LogP contribution < -0.4 is 14.8 Å². The van der Waals surface area contributed by atoms with Gasteiger partial charge in [0, 0.05) is 19.5 Å². The maximum absolute atomic E-state index is 12.6. The molecule has 1 amide bonds. The molecule has 132 valence electrons. The van der Waals surface area contributed by atoms with Gasteiger partial charge < -0.3 is 19.7 Å². The molecule has 5 heteroatoms. The van der Waals surface area contributed by atoms with Crippen LogP contribution in [-0.2, 0) is 11.2 Å². The largest absolute Gasteiger partial charge is 0.493 e. The third kappa shape index (κ3) is 3.83. The fourth-order valence-electron chi connectivity index (χ4n) is 3.91. The number of carbonyl (C=O) groups is 1. The third-order valence-electron chi connectivity index (χ3n) is 5.45. The van der Waals surface area contributed by atoms with E-state index in [9.17, 15) is 4.79 Å². The molecule has 0 radical (unpaired) electrons. The van der Waals surface area contributed by atoms with Gasteiger partial charge in [0.25, 0.3) is 0 Å². The molecule has 0 aliphatic carbocycles. The number of hydrogen-bond acceptors (Lipinski definition) is 4. The van der Waals surface area contributed by atoms with Crippen molar-refractivity contribution in [1.29, 1.82) is 0 Å². The molecule has 0 bridgehead atoms. The number of likely N-dealkylation sites (tertiary alicyclic amines) is 1. The smallest absolute Gasteiger partial charge is 0.222 e. The lowest BCUT2D eigenvalue weighted by atomic mass is 9.92. The summed E-state index contributed by atoms with van der Waals surface area (Å²) in [5.74, 6) is 3.23. The highest BCUT2D eigenvalue weighted by Crippen LogP contribution is 2.29. The van der Waals surface area contributed by atoms with Gasteiger partial charge in [-0.05, 0) is 61.9 Å². The number of ether oxygens (including phenoxy) is 2. The number of methoxy groups -OCH3 is 2. The first-order valence-corrected chi connectivity index (χ1v) is 8.90. The van der Waals surface area contributed by atoms with Crippen molar-refractivity contribution in [3.63, 3.8) is 0 Å². The third-order valence-corrected chi connectivity index (χ3v) is 5.45. The maximum Gasteiger partial charge on any atom is 0.222 e. The zero-order valence-electron chi connectivity index (χ0n) is 14.7. The Kier molecular flexibility index (Phi) is 5.61. The van der Waals surface area contributed by atoms with E-state index in [1.807, 2.05) is 18.2 Å². The van der Waals surface area contributed by atoms with Crippen LogP contribution in [0.5, 0.6) is 11.5 Å². The van der Waals surface area contributed by atoms with E-state index in [-0.39, 0.29) is 5.91 Å². The summed E-state index contributed by atoms with van der Waals surface area (Å²) < 4.78 is 10.6. The molecule has 2 aliphatic heterocycles. The van der Waals surface area contributed by atoms with Crippen LogP contribution in [0, 0.1) is 11.8 Å². The molecule has 0 saturated carbocycles. The highest BCUT2D eigenvalue weighted by molar-refractivity contribution is 5.76. The van der Waals surface area contributed by atoms with Crippen LogP contribution in [-0.4, -0.2) is 51.2 Å². The van der Waals surface area contributed by atoms with E-state index in [1.165, 1.54) is 0 Å². The number of nitrogens with zero attached hydrogens (tertiary/aromatic N) is 1. The minimum atomic E-state index is 0.276. The van der Waals surface area contributed by atoms with Crippen LogP contribution >= 0.6 is 0 Å². The molecule has 0 aromatic heterocycles. The molecule has 2 aliphatic rings. The Morgan fingerprint density at radius 1 is 1.12 bits per heavy atom. The van der Waals surface area contributed by atoms with Gasteiger partial charge in [-0.25, -0.2) is 0 Å². The lowest BCUT2D eigenvalue weighted by molar-refractivity contribution is -0.131. The zero-order chi connectivity index (χ0) is 16.9. The molecule has 2 fully saturated rings. The van der Waals surface area contributed by atoms with E-state index in [0.717, 1.165) is 74.3 Å². The Labute approximate surface area is 144 Å². The number of rotatable bonds is 5. The number of hydrogen-bond donors (Lipinski definition) is 1. The first kappa shape index (κ1) is 17.1. The summed E-state index contributed by atoms with van der Waals surface area (Å²) in [6, 6.07) is 5.87. The summed E-state index contributed by atoms with van der Waals surface area (Å²) in [6.45, 7) is 4.07. The first-order valence-electron chi connectivity index (χ1n) is 8.90. The van der Waals surface area contributed by atoms with Crippen molar-refractivity contribution < 1.29 is 14.3 Å². The number of nitrogens with one attached hydrogen (secondary N) is 1. The predicted octanol–water partition coefficient (Wildman–Crippen LogP) is 2.09. The molecule has 0 spiro atoms. The Morgan fingerprint density at radius 3 is 2.42 bits per heavy atom. The maximum atomic E-state index is 12.6. The molecule has 3 rings (SSSR count). The SMILES string of the molecule is COc1ccc(CCC(=O)N2CC[C@@H]3CNC[C@@H]3CC2)cc1OC. The number of amides is 1. The molecule has 1 aromatic carbocycles. The van der Waals surface area contributed by atoms with Crippen molar-refractivity contribution in [3.8, 4) is 11.5 Å². The molecule has 1 aromatic rings. The summed E-state index contributed by atoms with van der Waals surface area (Å²) >= 11 is 0. The minimum Gasteiger partial charge on any atom is -0.493 e. The lowest BCUT2D eigenvalue weighted by Crippen LogP contribution is -2.32. The monoisotopic (exact) mass is 332 g/mol. The van der Waals surface area contributed by atoms with E-state index in [1.54, 1.807) is 14.2 Å². The summed E-state index contributed by atoms with van der Waals surface area (Å²) in [7, 11) is 3.26. The van der Waals surface area contributed by atoms with Crippen molar-refractivity contribution in [2.24, 2.45) is 11.8 Å². The Hall–Kier alpha value is -1.75. The topological polar surface area (TPSA) is 50.8 Å². The van der Waals surface area contributed by atoms with E-state index >= 15 is 0 Å². The fraction of sp³-hybridized carbons (Fsp3) is 0.632. The van der Waals surface area contributed by atoms with E-state index in [0.29, 0.717) is 6.42 Å². The molecular formula is C19H28N2O3. The highest BCUT2D eigenvalue weighted by Gasteiger charge is 2.31. The average Bonchev–Trinajstić information content (AvgIpc) is 2.97. The van der Waals surface area contributed by atoms with Crippen LogP contribution in [0.4, 0.5) is 0 Å². The second-order valence-corrected chi connectivity index (χ2v) is 6.83. The van der Waals surface area contributed by atoms with Gasteiger partial charge in [-0.2, -0.15) is 0 Å². The van der Waals surface area contributed by atoms with Crippen molar-refractivity contribution in [1.82, 2.24) is 10.2 Å². The normalized spacial score (nSPS) is 23.5. The molecule has 24 heavy (non-hydrogen) atoms. The van der Waals surface area contributed by atoms with Crippen LogP contribution in [0.2, 0.25) is 0 Å². The lowest BCUT2D eigenvalue weighted by Gasteiger charge is -2.21. The summed E-state index contributed by atoms with van der Waals surface area (Å²) in [5, 5.41) is 3.48. The highest BCUT2D eigenvalue weighted by atomic mass is 16.5. The van der Waals surface area contributed by atoms with Crippen molar-refractivity contribution in [2.45, 2.75) is 25.7 Å². The van der Waals surface area contributed by atoms with Gasteiger partial charge >= 0.3 is 0 Å². The van der Waals surface area contributed by atoms with Crippen LogP contribution in [0.3, 0.4) is 0 Å². The van der Waals surface area contributed by atoms with Gasteiger partial charge in [-0.3, -0.25) is 4.79 Å². The first-order chi connectivity index (χ1) is 11.7. The zero-order valence-corrected chi connectivity index (χ0v) is 14.7. The molecular weight excluding hydrogens is 304 g/mol. The van der Waals surface area contributed by atoms with Crippen LogP contribution in [0.25, 0.3) is 0 Å². The number of aryl methyl sites for hydroxylation is 1. The quantitative estimate of drug-likeness (QED) is 0.897. The second-order valence-electron chi connectivity index (χ2n) is 6.83. The van der Waals surface area contributed by atoms with Gasteiger partial charge in [-0.15, -0.1) is 0 Å². The van der Waals surface area contributed by atoms with Crippen molar-refractivity contribution >= 4 is 5.91 Å². The predicted molar refractivity (Wildman–Crippen MR) is 93.5 cm³/mol. The Morgan fingerprint density at radius 2 is 1.79 bits per heavy atom. The van der Waals surface area contributed by atoms with Crippen LogP contribution in [0.15, 0.2) is 18.2 Å². The van der Waals surface area contributed by atoms with Gasteiger partial charge in [0.2, 0.25) is 5.91 Å². The molecule has 2 heterocycles. The minimum absolute atomic E-state index is 0.276. The van der Waals surface area contributed by atoms with E-state index < -0.39 is 0 Å². The average molecular weight is 332 g/mol. The number of carbonyl (C=O) groups excluding carboxylic acids is 1. The number of fused-ring (bicyclic) bond motifs is 1. The molecule has 2 atom stereocenters. The Balaban J connectivity index is 1.53. The standard InChI is InChI=1S/C19H28N2O3/c1-23-17-5-3-14(11-18(17)24-2)4-6-19(22)21-9-7-15-12-20-13-16(15)8-10-21/h3,5,11,15-16,20H,4,6-10,12-13H2,1-2H3/t15-,16+. The number of benzene rings is 1. The van der Waals surface area contributed by atoms with E-state index in [4.69, 9.17) is 9.47 Å². The van der Waals surface area contributed by atoms with Gasteiger partial charge in [0.05, 0.1) is 14.2 Å². The van der Waals surface area contributed by atoms with Crippen molar-refractivity contribution in [2.75, 3.05) is 40.4 Å². The van der Waals surface area contributed by atoms with Gasteiger partial charge in [0.15, 0.2) is 11.5 Å². The Bertz CT molecular complexity index is 562. The van der Waals surface area contributed by atoms with Gasteiger partial charge in [0.1, 0.15) is 0 Å². The van der Waals surface area contributed by atoms with Crippen LogP contribution in [0.1, 0.15) is 24.8 Å². The fourth-order valence-corrected chi connectivity index (χ4v) is 3.91. The molecule has 5 nitrogen and oxygen atoms in total. The van der Waals surface area contributed by atoms with Gasteiger partial charge in [-0.1, -0.05) is 6.07 Å². The summed E-state index contributed by atoms with van der Waals surface area (Å²) in [4.78, 5) is 14.6. The van der Waals surface area contributed by atoms with Crippen molar-refractivity contribution in [3.05, 3.63) is 23.8 Å². The molecule has 1 N–H and O–H groups in total. The molecule has 0 unspecified atom stereocenters. The second kappa shape index (κ2) is 7.88. The van der Waals surface area contributed by atoms with E-state index in [2.05, 4.69) is 10.2 Å². The summed E-state index contributed by atoms with van der Waals surface area (Å²) in [6.07, 6.45) is 3.58.